The van der Waals surface area contributed by atoms with Gasteiger partial charge in [0.25, 0.3) is 0 Å². The first kappa shape index (κ1) is 10.1. The Labute approximate surface area is 91.6 Å². The van der Waals surface area contributed by atoms with Crippen molar-refractivity contribution in [2.45, 2.75) is 0 Å². The minimum absolute atomic E-state index is 0.0114. The lowest BCUT2D eigenvalue weighted by Gasteiger charge is -2.06. The molecule has 0 amide bonds. The van der Waals surface area contributed by atoms with Crippen molar-refractivity contribution in [3.05, 3.63) is 30.3 Å². The fourth-order valence-electron chi connectivity index (χ4n) is 1.57. The number of nitrogens with zero attached hydrogens (tertiary/aromatic N) is 1. The molecule has 2 aromatic carbocycles. The van der Waals surface area contributed by atoms with E-state index in [0.29, 0.717) is 10.8 Å². The normalized spacial score (nSPS) is 10.2. The van der Waals surface area contributed by atoms with Crippen LogP contribution in [0.1, 0.15) is 0 Å². The molecule has 0 atom stereocenters. The average molecular weight is 217 g/mol. The second-order valence-corrected chi connectivity index (χ2v) is 3.35. The first-order valence-corrected chi connectivity index (χ1v) is 4.63. The summed E-state index contributed by atoms with van der Waals surface area (Å²) in [6, 6.07) is 8.20. The molecule has 0 radical (unpaired) electrons. The van der Waals surface area contributed by atoms with Crippen LogP contribution in [0.2, 0.25) is 0 Å². The molecule has 5 nitrogen and oxygen atoms in total. The number of rotatable bonds is 1. The smallest absolute Gasteiger partial charge is 0.191 e. The molecule has 0 saturated carbocycles. The van der Waals surface area contributed by atoms with Crippen LogP contribution in [0.15, 0.2) is 35.3 Å². The van der Waals surface area contributed by atoms with E-state index in [2.05, 4.69) is 4.99 Å². The quantitative estimate of drug-likeness (QED) is 0.425. The van der Waals surface area contributed by atoms with Gasteiger partial charge in [-0.05, 0) is 0 Å². The fourth-order valence-corrected chi connectivity index (χ4v) is 1.57. The number of hydrogen-bond donors (Lipinski definition) is 4. The molecule has 0 saturated heterocycles. The molecule has 0 spiro atoms. The van der Waals surface area contributed by atoms with E-state index in [1.54, 1.807) is 24.3 Å². The zero-order valence-corrected chi connectivity index (χ0v) is 8.38. The highest BCUT2D eigenvalue weighted by atomic mass is 16.3. The number of fused-ring (bicyclic) bond motifs is 1. The summed E-state index contributed by atoms with van der Waals surface area (Å²) < 4.78 is 0. The Hall–Kier alpha value is -2.43. The van der Waals surface area contributed by atoms with Gasteiger partial charge in [0, 0.05) is 16.8 Å². The third-order valence-corrected chi connectivity index (χ3v) is 2.22. The first-order valence-electron chi connectivity index (χ1n) is 4.63. The van der Waals surface area contributed by atoms with Gasteiger partial charge in [-0.15, -0.1) is 0 Å². The molecule has 2 rings (SSSR count). The van der Waals surface area contributed by atoms with Crippen LogP contribution < -0.4 is 11.5 Å². The van der Waals surface area contributed by atoms with Gasteiger partial charge in [0.15, 0.2) is 5.96 Å². The van der Waals surface area contributed by atoms with Crippen molar-refractivity contribution >= 4 is 22.4 Å². The van der Waals surface area contributed by atoms with Crippen LogP contribution >= 0.6 is 0 Å². The summed E-state index contributed by atoms with van der Waals surface area (Å²) in [5, 5.41) is 20.5. The van der Waals surface area contributed by atoms with Crippen molar-refractivity contribution in [2.75, 3.05) is 0 Å². The molecule has 82 valence electrons. The summed E-state index contributed by atoms with van der Waals surface area (Å²) in [4.78, 5) is 3.84. The maximum atomic E-state index is 9.66. The SMILES string of the molecule is NC(N)=Nc1c(O)cc(O)c2ccccc12. The molecule has 0 aliphatic heterocycles. The molecule has 5 heteroatoms. The molecule has 0 fully saturated rings. The number of guanidine groups is 1. The summed E-state index contributed by atoms with van der Waals surface area (Å²) in [5.74, 6) is -0.321. The fraction of sp³-hybridized carbons (Fsp3) is 0. The van der Waals surface area contributed by atoms with Crippen LogP contribution in [0.4, 0.5) is 5.69 Å². The molecule has 16 heavy (non-hydrogen) atoms. The molecule has 0 unspecified atom stereocenters. The first-order chi connectivity index (χ1) is 7.59. The molecule has 0 bridgehead atoms. The largest absolute Gasteiger partial charge is 0.507 e. The van der Waals surface area contributed by atoms with E-state index in [-0.39, 0.29) is 23.1 Å². The number of nitrogens with two attached hydrogens (primary N) is 2. The Kier molecular flexibility index (Phi) is 2.28. The molecule has 6 N–H and O–H groups in total. The Bertz CT molecular complexity index is 575. The van der Waals surface area contributed by atoms with Crippen molar-refractivity contribution in [1.82, 2.24) is 0 Å². The number of phenolic OH excluding ortho intramolecular Hbond substituents is 2. The highest BCUT2D eigenvalue weighted by molar-refractivity contribution is 6.01. The second kappa shape index (κ2) is 3.62. The van der Waals surface area contributed by atoms with Crippen molar-refractivity contribution in [3.8, 4) is 11.5 Å². The maximum Gasteiger partial charge on any atom is 0.191 e. The third-order valence-electron chi connectivity index (χ3n) is 2.22. The molecule has 0 aliphatic carbocycles. The predicted octanol–water partition coefficient (Wildman–Crippen LogP) is 1.16. The minimum Gasteiger partial charge on any atom is -0.507 e. The predicted molar refractivity (Wildman–Crippen MR) is 62.7 cm³/mol. The van der Waals surface area contributed by atoms with E-state index < -0.39 is 0 Å². The van der Waals surface area contributed by atoms with Crippen LogP contribution in [-0.2, 0) is 0 Å². The van der Waals surface area contributed by atoms with Gasteiger partial charge in [0.05, 0.1) is 0 Å². The number of hydrogen-bond acceptors (Lipinski definition) is 3. The Balaban J connectivity index is 2.87. The van der Waals surface area contributed by atoms with E-state index in [0.717, 1.165) is 0 Å². The summed E-state index contributed by atoms with van der Waals surface area (Å²) in [6.45, 7) is 0. The number of aromatic hydroxyl groups is 2. The number of phenols is 2. The van der Waals surface area contributed by atoms with Crippen molar-refractivity contribution in [3.63, 3.8) is 0 Å². The van der Waals surface area contributed by atoms with Crippen LogP contribution in [0.25, 0.3) is 10.8 Å². The van der Waals surface area contributed by atoms with Gasteiger partial charge >= 0.3 is 0 Å². The van der Waals surface area contributed by atoms with Crippen molar-refractivity contribution < 1.29 is 10.2 Å². The van der Waals surface area contributed by atoms with Crippen molar-refractivity contribution in [2.24, 2.45) is 16.5 Å². The second-order valence-electron chi connectivity index (χ2n) is 3.35. The summed E-state index contributed by atoms with van der Waals surface area (Å²) in [6.07, 6.45) is 0. The van der Waals surface area contributed by atoms with Crippen molar-refractivity contribution in [1.29, 1.82) is 0 Å². The third kappa shape index (κ3) is 1.58. The van der Waals surface area contributed by atoms with Gasteiger partial charge in [-0.25, -0.2) is 4.99 Å². The summed E-state index contributed by atoms with van der Waals surface area (Å²) in [7, 11) is 0. The lowest BCUT2D eigenvalue weighted by Crippen LogP contribution is -2.21. The van der Waals surface area contributed by atoms with Gasteiger partial charge in [0.1, 0.15) is 17.2 Å². The standard InChI is InChI=1S/C11H11N3O2/c12-11(13)14-10-7-4-2-1-3-6(7)8(15)5-9(10)16/h1-5,15-16H,(H4,12,13,14). The molecule has 0 heterocycles. The van der Waals surface area contributed by atoms with E-state index in [4.69, 9.17) is 11.5 Å². The summed E-state index contributed by atoms with van der Waals surface area (Å²) >= 11 is 0. The zero-order valence-electron chi connectivity index (χ0n) is 8.38. The Morgan fingerprint density at radius 3 is 2.25 bits per heavy atom. The van der Waals surface area contributed by atoms with E-state index in [9.17, 15) is 10.2 Å². The van der Waals surface area contributed by atoms with Crippen LogP contribution in [0, 0.1) is 0 Å². The van der Waals surface area contributed by atoms with Gasteiger partial charge in [0.2, 0.25) is 0 Å². The molecule has 0 aromatic heterocycles. The van der Waals surface area contributed by atoms with Gasteiger partial charge in [-0.3, -0.25) is 0 Å². The van der Waals surface area contributed by atoms with Gasteiger partial charge in [-0.2, -0.15) is 0 Å². The van der Waals surface area contributed by atoms with Crippen LogP contribution in [0.5, 0.6) is 11.5 Å². The average Bonchev–Trinajstić information content (AvgIpc) is 2.24. The highest BCUT2D eigenvalue weighted by Crippen LogP contribution is 2.39. The lowest BCUT2D eigenvalue weighted by molar-refractivity contribution is 0.456. The maximum absolute atomic E-state index is 9.66. The molecular weight excluding hydrogens is 206 g/mol. The molecule has 0 aliphatic rings. The zero-order chi connectivity index (χ0) is 11.7. The number of aliphatic imine (C=N–C) groups is 1. The number of benzene rings is 2. The van der Waals surface area contributed by atoms with Gasteiger partial charge < -0.3 is 21.7 Å². The van der Waals surface area contributed by atoms with E-state index in [1.807, 2.05) is 0 Å². The Morgan fingerprint density at radius 1 is 1.00 bits per heavy atom. The van der Waals surface area contributed by atoms with E-state index >= 15 is 0 Å². The van der Waals surface area contributed by atoms with Gasteiger partial charge in [-0.1, -0.05) is 24.3 Å². The summed E-state index contributed by atoms with van der Waals surface area (Å²) in [5.41, 5.74) is 10.8. The topological polar surface area (TPSA) is 105 Å². The molecular formula is C11H11N3O2. The Morgan fingerprint density at radius 2 is 1.62 bits per heavy atom. The van der Waals surface area contributed by atoms with Crippen LogP contribution in [0.3, 0.4) is 0 Å². The lowest BCUT2D eigenvalue weighted by atomic mass is 10.1. The van der Waals surface area contributed by atoms with Crippen LogP contribution in [-0.4, -0.2) is 16.2 Å². The highest BCUT2D eigenvalue weighted by Gasteiger charge is 2.10. The van der Waals surface area contributed by atoms with E-state index in [1.165, 1.54) is 6.07 Å². The molecule has 2 aromatic rings. The minimum atomic E-state index is -0.162. The monoisotopic (exact) mass is 217 g/mol.